The average molecular weight is 353 g/mol. The number of carbonyl (C=O) groups is 1. The monoisotopic (exact) mass is 353 g/mol. The molecule has 26 heavy (non-hydrogen) atoms. The second-order valence-electron chi connectivity index (χ2n) is 5.65. The first-order valence-corrected chi connectivity index (χ1v) is 7.95. The summed E-state index contributed by atoms with van der Waals surface area (Å²) in [4.78, 5) is 16.6. The number of hydrogen-bond acceptors (Lipinski definition) is 6. The molecule has 6 heteroatoms. The van der Waals surface area contributed by atoms with E-state index in [2.05, 4.69) is 4.99 Å². The summed E-state index contributed by atoms with van der Waals surface area (Å²) in [6.45, 7) is 1.96. The molecule has 0 unspecified atom stereocenters. The summed E-state index contributed by atoms with van der Waals surface area (Å²) in [7, 11) is 4.62. The van der Waals surface area contributed by atoms with Crippen LogP contribution in [0.4, 0.5) is 0 Å². The molecule has 0 aliphatic carbocycles. The van der Waals surface area contributed by atoms with Crippen molar-refractivity contribution >= 4 is 17.9 Å². The van der Waals surface area contributed by atoms with Gasteiger partial charge in [-0.25, -0.2) is 9.79 Å². The lowest BCUT2D eigenvalue weighted by Crippen LogP contribution is -2.05. The molecule has 0 aromatic heterocycles. The number of carbonyl (C=O) groups excluding carboxylic acids is 1. The third-order valence-electron chi connectivity index (χ3n) is 3.91. The average Bonchev–Trinajstić information content (AvgIpc) is 3.02. The molecule has 0 bridgehead atoms. The Morgan fingerprint density at radius 3 is 2.31 bits per heavy atom. The number of ether oxygens (including phenoxy) is 4. The Kier molecular flexibility index (Phi) is 4.93. The molecule has 1 heterocycles. The topological polar surface area (TPSA) is 66.3 Å². The molecule has 134 valence electrons. The van der Waals surface area contributed by atoms with Crippen molar-refractivity contribution in [2.75, 3.05) is 21.3 Å². The molecule has 0 atom stereocenters. The van der Waals surface area contributed by atoms with Crippen LogP contribution in [0.3, 0.4) is 0 Å². The first kappa shape index (κ1) is 17.5. The first-order chi connectivity index (χ1) is 12.5. The highest BCUT2D eigenvalue weighted by Crippen LogP contribution is 2.36. The van der Waals surface area contributed by atoms with Gasteiger partial charge in [0, 0.05) is 17.2 Å². The number of hydrogen-bond donors (Lipinski definition) is 0. The number of rotatable bonds is 5. The van der Waals surface area contributed by atoms with Gasteiger partial charge in [0.25, 0.3) is 0 Å². The summed E-state index contributed by atoms with van der Waals surface area (Å²) in [5, 5.41) is 0. The molecule has 1 aliphatic rings. The number of aliphatic imine (C=N–C) groups is 1. The van der Waals surface area contributed by atoms with E-state index in [-0.39, 0.29) is 11.6 Å². The Bertz CT molecular complexity index is 914. The van der Waals surface area contributed by atoms with Gasteiger partial charge < -0.3 is 18.9 Å². The fourth-order valence-corrected chi connectivity index (χ4v) is 2.62. The molecular weight excluding hydrogens is 334 g/mol. The fourth-order valence-electron chi connectivity index (χ4n) is 2.62. The lowest BCUT2D eigenvalue weighted by atomic mass is 10.1. The number of benzene rings is 2. The van der Waals surface area contributed by atoms with Crippen molar-refractivity contribution in [2.45, 2.75) is 6.92 Å². The summed E-state index contributed by atoms with van der Waals surface area (Å²) in [5.41, 5.74) is 2.62. The van der Waals surface area contributed by atoms with Crippen molar-refractivity contribution < 1.29 is 23.7 Å². The van der Waals surface area contributed by atoms with E-state index >= 15 is 0 Å². The van der Waals surface area contributed by atoms with Gasteiger partial charge in [-0.1, -0.05) is 17.7 Å². The van der Waals surface area contributed by atoms with E-state index in [9.17, 15) is 4.79 Å². The van der Waals surface area contributed by atoms with Crippen LogP contribution in [-0.4, -0.2) is 33.2 Å². The lowest BCUT2D eigenvalue weighted by Gasteiger charge is -2.12. The Hall–Kier alpha value is -3.28. The molecule has 0 saturated carbocycles. The molecule has 0 saturated heterocycles. The van der Waals surface area contributed by atoms with Gasteiger partial charge in [0.15, 0.2) is 17.2 Å². The number of nitrogens with zero attached hydrogens (tertiary/aromatic N) is 1. The highest BCUT2D eigenvalue weighted by atomic mass is 16.6. The van der Waals surface area contributed by atoms with Crippen molar-refractivity contribution in [3.05, 3.63) is 58.8 Å². The van der Waals surface area contributed by atoms with Crippen LogP contribution < -0.4 is 14.2 Å². The maximum atomic E-state index is 12.2. The van der Waals surface area contributed by atoms with Gasteiger partial charge in [-0.05, 0) is 31.2 Å². The number of cyclic esters (lactones) is 1. The summed E-state index contributed by atoms with van der Waals surface area (Å²) in [5.74, 6) is 1.35. The Morgan fingerprint density at radius 2 is 1.65 bits per heavy atom. The molecule has 1 aliphatic heterocycles. The number of esters is 1. The zero-order valence-corrected chi connectivity index (χ0v) is 15.0. The molecule has 2 aromatic rings. The quantitative estimate of drug-likeness (QED) is 0.609. The van der Waals surface area contributed by atoms with Crippen LogP contribution in [0.1, 0.15) is 16.7 Å². The van der Waals surface area contributed by atoms with Gasteiger partial charge in [-0.2, -0.15) is 0 Å². The Balaban J connectivity index is 2.03. The van der Waals surface area contributed by atoms with E-state index in [4.69, 9.17) is 18.9 Å². The predicted octanol–water partition coefficient (Wildman–Crippen LogP) is 3.37. The van der Waals surface area contributed by atoms with E-state index in [0.29, 0.717) is 22.8 Å². The lowest BCUT2D eigenvalue weighted by molar-refractivity contribution is -0.129. The van der Waals surface area contributed by atoms with Crippen molar-refractivity contribution in [1.82, 2.24) is 0 Å². The van der Waals surface area contributed by atoms with Gasteiger partial charge in [0.2, 0.25) is 5.90 Å². The molecule has 0 amide bonds. The summed E-state index contributed by atoms with van der Waals surface area (Å²) >= 11 is 0. The first-order valence-electron chi connectivity index (χ1n) is 7.95. The molecule has 6 nitrogen and oxygen atoms in total. The van der Waals surface area contributed by atoms with E-state index in [1.165, 1.54) is 7.11 Å². The maximum absolute atomic E-state index is 12.2. The second-order valence-corrected chi connectivity index (χ2v) is 5.65. The van der Waals surface area contributed by atoms with Crippen LogP contribution in [0.25, 0.3) is 6.08 Å². The van der Waals surface area contributed by atoms with E-state index in [1.54, 1.807) is 32.4 Å². The third-order valence-corrected chi connectivity index (χ3v) is 3.91. The second kappa shape index (κ2) is 7.31. The standard InChI is InChI=1S/C20H19NO5/c1-12-6-5-7-13(8-12)19-21-15(20(22)26-19)9-14-10-17(24-3)18(25-4)11-16(14)23-2/h5-11H,1-4H3/b15-9+. The minimum atomic E-state index is -0.515. The zero-order chi connectivity index (χ0) is 18.7. The SMILES string of the molecule is COc1cc(OC)c(OC)cc1/C=C1/N=C(c2cccc(C)c2)OC1=O. The summed E-state index contributed by atoms with van der Waals surface area (Å²) in [6.07, 6.45) is 1.60. The highest BCUT2D eigenvalue weighted by molar-refractivity contribution is 6.13. The van der Waals surface area contributed by atoms with Gasteiger partial charge in [0.1, 0.15) is 5.75 Å². The summed E-state index contributed by atoms with van der Waals surface area (Å²) in [6, 6.07) is 11.0. The van der Waals surface area contributed by atoms with Gasteiger partial charge in [0.05, 0.1) is 21.3 Å². The van der Waals surface area contributed by atoms with Gasteiger partial charge >= 0.3 is 5.97 Å². The molecule has 3 rings (SSSR count). The maximum Gasteiger partial charge on any atom is 0.363 e. The molecule has 2 aromatic carbocycles. The van der Waals surface area contributed by atoms with Crippen molar-refractivity contribution in [2.24, 2.45) is 4.99 Å². The van der Waals surface area contributed by atoms with Crippen LogP contribution in [-0.2, 0) is 9.53 Å². The minimum Gasteiger partial charge on any atom is -0.496 e. The Morgan fingerprint density at radius 1 is 0.962 bits per heavy atom. The van der Waals surface area contributed by atoms with Crippen molar-refractivity contribution in [1.29, 1.82) is 0 Å². The smallest absolute Gasteiger partial charge is 0.363 e. The predicted molar refractivity (Wildman–Crippen MR) is 97.9 cm³/mol. The van der Waals surface area contributed by atoms with E-state index < -0.39 is 5.97 Å². The number of methoxy groups -OCH3 is 3. The minimum absolute atomic E-state index is 0.187. The molecule has 0 N–H and O–H groups in total. The van der Waals surface area contributed by atoms with Crippen molar-refractivity contribution in [3.8, 4) is 17.2 Å². The van der Waals surface area contributed by atoms with Crippen LogP contribution in [0.5, 0.6) is 17.2 Å². The summed E-state index contributed by atoms with van der Waals surface area (Å²) < 4.78 is 21.3. The van der Waals surface area contributed by atoms with E-state index in [0.717, 1.165) is 11.1 Å². The molecule has 0 spiro atoms. The van der Waals surface area contributed by atoms with Gasteiger partial charge in [-0.3, -0.25) is 0 Å². The molecule has 0 radical (unpaired) electrons. The fraction of sp³-hybridized carbons (Fsp3) is 0.200. The highest BCUT2D eigenvalue weighted by Gasteiger charge is 2.25. The van der Waals surface area contributed by atoms with Crippen LogP contribution in [0.15, 0.2) is 47.1 Å². The van der Waals surface area contributed by atoms with Crippen LogP contribution in [0, 0.1) is 6.92 Å². The van der Waals surface area contributed by atoms with Crippen molar-refractivity contribution in [3.63, 3.8) is 0 Å². The largest absolute Gasteiger partial charge is 0.496 e. The Labute approximate surface area is 151 Å². The van der Waals surface area contributed by atoms with Gasteiger partial charge in [-0.15, -0.1) is 0 Å². The van der Waals surface area contributed by atoms with E-state index in [1.807, 2.05) is 31.2 Å². The van der Waals surface area contributed by atoms with Crippen LogP contribution >= 0.6 is 0 Å². The normalized spacial score (nSPS) is 14.8. The zero-order valence-electron chi connectivity index (χ0n) is 15.0. The molecular formula is C20H19NO5. The molecule has 0 fully saturated rings. The third kappa shape index (κ3) is 3.39. The number of aryl methyl sites for hydroxylation is 1. The van der Waals surface area contributed by atoms with Crippen LogP contribution in [0.2, 0.25) is 0 Å².